The van der Waals surface area contributed by atoms with E-state index < -0.39 is 24.1 Å². The van der Waals surface area contributed by atoms with Crippen molar-refractivity contribution in [1.29, 1.82) is 0 Å². The van der Waals surface area contributed by atoms with E-state index >= 15 is 0 Å². The number of carbonyl (C=O) groups excluding carboxylic acids is 3. The maximum absolute atomic E-state index is 12.2. The van der Waals surface area contributed by atoms with Gasteiger partial charge < -0.3 is 5.73 Å². The van der Waals surface area contributed by atoms with E-state index in [1.807, 2.05) is 0 Å². The first-order valence-corrected chi connectivity index (χ1v) is 4.54. The Hall–Kier alpha value is -2.31. The fourth-order valence-electron chi connectivity index (χ4n) is 1.61. The molecule has 0 unspecified atom stereocenters. The average molecular weight is 240 g/mol. The van der Waals surface area contributed by atoms with Crippen LogP contribution in [0.15, 0.2) is 18.2 Å². The van der Waals surface area contributed by atoms with Crippen LogP contribution < -0.4 is 5.73 Å². The maximum atomic E-state index is 12.2. The Morgan fingerprint density at radius 2 is 1.88 bits per heavy atom. The van der Waals surface area contributed by atoms with Crippen LogP contribution in [-0.4, -0.2) is 29.0 Å². The second kappa shape index (κ2) is 3.62. The number of imide groups is 3. The van der Waals surface area contributed by atoms with Crippen LogP contribution in [0.25, 0.3) is 0 Å². The second-order valence-corrected chi connectivity index (χ2v) is 3.35. The summed E-state index contributed by atoms with van der Waals surface area (Å²) in [5, 5.41) is 0. The van der Waals surface area contributed by atoms with Crippen LogP contribution in [-0.2, 0) is 4.79 Å². The normalized spacial score (nSPS) is 14.4. The molecule has 7 heteroatoms. The first-order valence-electron chi connectivity index (χ1n) is 4.54. The highest BCUT2D eigenvalue weighted by Crippen LogP contribution is 2.28. The number of nitrogens with two attached hydrogens (primary N) is 1. The van der Waals surface area contributed by atoms with E-state index in [9.17, 15) is 23.2 Å². The van der Waals surface area contributed by atoms with Gasteiger partial charge in [-0.2, -0.15) is 8.78 Å². The molecule has 1 aromatic rings. The fourth-order valence-corrected chi connectivity index (χ4v) is 1.61. The molecular weight excluding hydrogens is 234 g/mol. The molecular formula is C10H6F2N2O3. The van der Waals surface area contributed by atoms with Gasteiger partial charge in [0.25, 0.3) is 11.8 Å². The molecule has 0 radical (unpaired) electrons. The quantitative estimate of drug-likeness (QED) is 0.577. The lowest BCUT2D eigenvalue weighted by Crippen LogP contribution is -2.40. The Kier molecular flexibility index (Phi) is 2.38. The lowest BCUT2D eigenvalue weighted by molar-refractivity contribution is -0.137. The summed E-state index contributed by atoms with van der Waals surface area (Å²) in [5.41, 5.74) is 5.10. The van der Waals surface area contributed by atoms with Gasteiger partial charge in [-0.25, -0.2) is 4.90 Å². The number of alkyl halides is 2. The molecule has 2 N–H and O–H groups in total. The molecule has 0 aromatic heterocycles. The first kappa shape index (κ1) is 11.2. The molecule has 3 amide bonds. The third kappa shape index (κ3) is 1.47. The number of nitrogens with zero attached hydrogens (tertiary/aromatic N) is 1. The van der Waals surface area contributed by atoms with Gasteiger partial charge in [-0.05, 0) is 12.1 Å². The predicted molar refractivity (Wildman–Crippen MR) is 52.4 cm³/mol. The van der Waals surface area contributed by atoms with Gasteiger partial charge in [-0.1, -0.05) is 6.07 Å². The van der Waals surface area contributed by atoms with Crippen LogP contribution in [0.4, 0.5) is 14.5 Å². The lowest BCUT2D eigenvalue weighted by Gasteiger charge is -2.10. The number of benzene rings is 1. The van der Waals surface area contributed by atoms with E-state index in [4.69, 9.17) is 5.73 Å². The van der Waals surface area contributed by atoms with Crippen molar-refractivity contribution in [1.82, 2.24) is 4.90 Å². The first-order chi connectivity index (χ1) is 7.95. The number of fused-ring (bicyclic) bond motifs is 1. The molecule has 1 heterocycles. The van der Waals surface area contributed by atoms with E-state index in [-0.39, 0.29) is 21.7 Å². The topological polar surface area (TPSA) is 80.5 Å². The fraction of sp³-hybridized carbons (Fsp3) is 0.100. The molecule has 0 aliphatic carbocycles. The third-order valence-corrected chi connectivity index (χ3v) is 2.35. The number of hydrogen-bond donors (Lipinski definition) is 1. The smallest absolute Gasteiger partial charge is 0.316 e. The molecule has 0 saturated carbocycles. The minimum atomic E-state index is -3.42. The molecule has 2 rings (SSSR count). The number of rotatable bonds is 1. The monoisotopic (exact) mass is 240 g/mol. The van der Waals surface area contributed by atoms with Gasteiger partial charge in [0.1, 0.15) is 0 Å². The molecule has 1 aliphatic rings. The zero-order chi connectivity index (χ0) is 12.7. The minimum absolute atomic E-state index is 0.0228. The van der Waals surface area contributed by atoms with E-state index in [0.29, 0.717) is 0 Å². The van der Waals surface area contributed by atoms with Crippen molar-refractivity contribution in [2.24, 2.45) is 0 Å². The van der Waals surface area contributed by atoms with Crippen molar-refractivity contribution in [3.63, 3.8) is 0 Å². The van der Waals surface area contributed by atoms with Crippen molar-refractivity contribution in [3.8, 4) is 0 Å². The van der Waals surface area contributed by atoms with Crippen LogP contribution >= 0.6 is 0 Å². The van der Waals surface area contributed by atoms with Crippen LogP contribution in [0.5, 0.6) is 0 Å². The highest BCUT2D eigenvalue weighted by molar-refractivity contribution is 6.30. The largest absolute Gasteiger partial charge is 0.398 e. The zero-order valence-corrected chi connectivity index (χ0v) is 8.31. The van der Waals surface area contributed by atoms with Crippen LogP contribution in [0.1, 0.15) is 20.7 Å². The Labute approximate surface area is 93.8 Å². The zero-order valence-electron chi connectivity index (χ0n) is 8.31. The van der Waals surface area contributed by atoms with Crippen molar-refractivity contribution in [2.75, 3.05) is 5.73 Å². The van der Waals surface area contributed by atoms with Gasteiger partial charge in [0, 0.05) is 5.69 Å². The number of anilines is 1. The number of carbonyl (C=O) groups is 3. The Morgan fingerprint density at radius 1 is 1.24 bits per heavy atom. The molecule has 0 spiro atoms. The molecule has 0 bridgehead atoms. The molecule has 1 aliphatic heterocycles. The predicted octanol–water partition coefficient (Wildman–Crippen LogP) is 0.656. The van der Waals surface area contributed by atoms with E-state index in [1.54, 1.807) is 0 Å². The summed E-state index contributed by atoms with van der Waals surface area (Å²) < 4.78 is 24.4. The molecule has 1 aromatic carbocycles. The Morgan fingerprint density at radius 3 is 2.41 bits per heavy atom. The third-order valence-electron chi connectivity index (χ3n) is 2.35. The van der Waals surface area contributed by atoms with E-state index in [2.05, 4.69) is 0 Å². The van der Waals surface area contributed by atoms with Gasteiger partial charge in [0.15, 0.2) is 0 Å². The summed E-state index contributed by atoms with van der Waals surface area (Å²) in [4.78, 5) is 34.2. The van der Waals surface area contributed by atoms with Gasteiger partial charge >= 0.3 is 12.3 Å². The summed E-state index contributed by atoms with van der Waals surface area (Å²) in [6.45, 7) is 0. The van der Waals surface area contributed by atoms with Gasteiger partial charge in [-0.3, -0.25) is 14.4 Å². The van der Waals surface area contributed by atoms with Crippen molar-refractivity contribution >= 4 is 23.4 Å². The summed E-state index contributed by atoms with van der Waals surface area (Å²) in [6.07, 6.45) is -3.42. The number of hydrogen-bond acceptors (Lipinski definition) is 4. The Balaban J connectivity index is 2.54. The molecule has 0 saturated heterocycles. The summed E-state index contributed by atoms with van der Waals surface area (Å²) in [6, 6.07) is 4.00. The number of nitrogen functional groups attached to an aromatic ring is 1. The number of amides is 3. The summed E-state index contributed by atoms with van der Waals surface area (Å²) in [7, 11) is 0. The summed E-state index contributed by atoms with van der Waals surface area (Å²) in [5.74, 6) is -4.01. The van der Waals surface area contributed by atoms with Gasteiger partial charge in [0.05, 0.1) is 11.1 Å². The highest BCUT2D eigenvalue weighted by atomic mass is 19.3. The number of halogens is 2. The van der Waals surface area contributed by atoms with Crippen LogP contribution in [0.2, 0.25) is 0 Å². The second-order valence-electron chi connectivity index (χ2n) is 3.35. The average Bonchev–Trinajstić information content (AvgIpc) is 2.52. The van der Waals surface area contributed by atoms with E-state index in [1.165, 1.54) is 18.2 Å². The van der Waals surface area contributed by atoms with Crippen molar-refractivity contribution in [3.05, 3.63) is 29.3 Å². The van der Waals surface area contributed by atoms with Gasteiger partial charge in [-0.15, -0.1) is 0 Å². The highest BCUT2D eigenvalue weighted by Gasteiger charge is 2.43. The van der Waals surface area contributed by atoms with Crippen LogP contribution in [0, 0.1) is 0 Å². The van der Waals surface area contributed by atoms with Crippen molar-refractivity contribution in [2.45, 2.75) is 6.43 Å². The molecule has 17 heavy (non-hydrogen) atoms. The Bertz CT molecular complexity index is 542. The molecule has 5 nitrogen and oxygen atoms in total. The summed E-state index contributed by atoms with van der Waals surface area (Å²) >= 11 is 0. The van der Waals surface area contributed by atoms with Crippen LogP contribution in [0.3, 0.4) is 0 Å². The lowest BCUT2D eigenvalue weighted by atomic mass is 10.1. The van der Waals surface area contributed by atoms with E-state index in [0.717, 1.165) is 0 Å². The molecule has 0 atom stereocenters. The molecule has 0 fully saturated rings. The standard InChI is InChI=1S/C10H6F2N2O3/c11-7(12)10(17)14-8(15)4-2-1-3-5(13)6(4)9(14)16/h1-3,7H,13H2. The van der Waals surface area contributed by atoms with Gasteiger partial charge in [0.2, 0.25) is 0 Å². The minimum Gasteiger partial charge on any atom is -0.398 e. The van der Waals surface area contributed by atoms with Crippen molar-refractivity contribution < 1.29 is 23.2 Å². The SMILES string of the molecule is Nc1cccc2c1C(=O)N(C(=O)C(F)F)C2=O. The maximum Gasteiger partial charge on any atom is 0.316 e. The molecule has 88 valence electrons.